The molecular weight excluding hydrogens is 352 g/mol. The van der Waals surface area contributed by atoms with Crippen molar-refractivity contribution in [1.82, 2.24) is 0 Å². The molecule has 0 aliphatic carbocycles. The van der Waals surface area contributed by atoms with Crippen LogP contribution in [0.1, 0.15) is 11.1 Å². The predicted octanol–water partition coefficient (Wildman–Crippen LogP) is 4.91. The van der Waals surface area contributed by atoms with Crippen molar-refractivity contribution in [3.05, 3.63) is 58.6 Å². The Labute approximate surface area is 149 Å². The quantitative estimate of drug-likeness (QED) is 0.738. The molecule has 4 nitrogen and oxygen atoms in total. The third kappa shape index (κ3) is 5.46. The molecule has 0 saturated carbocycles. The van der Waals surface area contributed by atoms with Gasteiger partial charge in [0.2, 0.25) is 5.91 Å². The van der Waals surface area contributed by atoms with Gasteiger partial charge < -0.3 is 14.8 Å². The smallest absolute Gasteiger partial charge is 0.387 e. The van der Waals surface area contributed by atoms with Crippen LogP contribution >= 0.6 is 11.6 Å². The van der Waals surface area contributed by atoms with Gasteiger partial charge in [-0.1, -0.05) is 23.7 Å². The molecule has 0 atom stereocenters. The Morgan fingerprint density at radius 2 is 1.96 bits per heavy atom. The molecule has 0 spiro atoms. The molecule has 0 fully saturated rings. The van der Waals surface area contributed by atoms with E-state index in [0.717, 1.165) is 5.56 Å². The third-order valence-electron chi connectivity index (χ3n) is 3.29. The number of alkyl halides is 2. The summed E-state index contributed by atoms with van der Waals surface area (Å²) >= 11 is 5.91. The molecule has 0 saturated heterocycles. The minimum Gasteiger partial charge on any atom is -0.493 e. The molecule has 0 unspecified atom stereocenters. The lowest BCUT2D eigenvalue weighted by atomic mass is 10.1. The van der Waals surface area contributed by atoms with Gasteiger partial charge in [-0.2, -0.15) is 8.78 Å². The monoisotopic (exact) mass is 367 g/mol. The van der Waals surface area contributed by atoms with Crippen LogP contribution in [0.2, 0.25) is 5.02 Å². The molecule has 7 heteroatoms. The Bertz CT molecular complexity index is 794. The highest BCUT2D eigenvalue weighted by atomic mass is 35.5. The first-order valence-electron chi connectivity index (χ1n) is 7.27. The van der Waals surface area contributed by atoms with Gasteiger partial charge in [0.1, 0.15) is 0 Å². The van der Waals surface area contributed by atoms with Crippen molar-refractivity contribution < 1.29 is 23.0 Å². The van der Waals surface area contributed by atoms with Crippen LogP contribution in [0.5, 0.6) is 11.5 Å². The lowest BCUT2D eigenvalue weighted by Gasteiger charge is -2.10. The molecule has 0 aliphatic rings. The van der Waals surface area contributed by atoms with Gasteiger partial charge in [-0.05, 0) is 48.4 Å². The first-order chi connectivity index (χ1) is 11.9. The summed E-state index contributed by atoms with van der Waals surface area (Å²) in [5.74, 6) is -0.278. The zero-order chi connectivity index (χ0) is 18.4. The highest BCUT2D eigenvalue weighted by Crippen LogP contribution is 2.30. The van der Waals surface area contributed by atoms with E-state index in [-0.39, 0.29) is 17.4 Å². The first-order valence-corrected chi connectivity index (χ1v) is 7.65. The summed E-state index contributed by atoms with van der Waals surface area (Å²) in [6.45, 7) is -1.09. The van der Waals surface area contributed by atoms with Crippen LogP contribution in [0.25, 0.3) is 6.08 Å². The Morgan fingerprint density at radius 3 is 2.64 bits per heavy atom. The summed E-state index contributed by atoms with van der Waals surface area (Å²) in [6, 6.07) is 9.57. The normalized spacial score (nSPS) is 11.0. The number of nitrogens with one attached hydrogen (secondary N) is 1. The average Bonchev–Trinajstić information content (AvgIpc) is 2.56. The summed E-state index contributed by atoms with van der Waals surface area (Å²) in [5, 5.41) is 3.24. The number of hydrogen-bond acceptors (Lipinski definition) is 3. The summed E-state index contributed by atoms with van der Waals surface area (Å²) < 4.78 is 34.0. The predicted molar refractivity (Wildman–Crippen MR) is 93.5 cm³/mol. The summed E-state index contributed by atoms with van der Waals surface area (Å²) in [5.41, 5.74) is 2.08. The minimum atomic E-state index is -2.94. The number of hydrogen-bond donors (Lipinski definition) is 1. The molecule has 2 rings (SSSR count). The van der Waals surface area contributed by atoms with Crippen molar-refractivity contribution >= 4 is 29.3 Å². The molecule has 2 aromatic carbocycles. The van der Waals surface area contributed by atoms with E-state index in [4.69, 9.17) is 16.3 Å². The second kappa shape index (κ2) is 8.48. The number of carbonyl (C=O) groups is 1. The van der Waals surface area contributed by atoms with Crippen molar-refractivity contribution in [3.8, 4) is 11.5 Å². The van der Waals surface area contributed by atoms with Crippen LogP contribution in [0, 0.1) is 6.92 Å². The number of methoxy groups -OCH3 is 1. The highest BCUT2D eigenvalue weighted by Gasteiger charge is 2.10. The molecule has 0 heterocycles. The number of carbonyl (C=O) groups excluding carboxylic acids is 1. The van der Waals surface area contributed by atoms with Crippen LogP contribution in [0.15, 0.2) is 42.5 Å². The first kappa shape index (κ1) is 18.7. The fourth-order valence-electron chi connectivity index (χ4n) is 2.06. The molecule has 2 aromatic rings. The second-order valence-corrected chi connectivity index (χ2v) is 5.51. The number of amides is 1. The topological polar surface area (TPSA) is 47.6 Å². The highest BCUT2D eigenvalue weighted by molar-refractivity contribution is 6.31. The van der Waals surface area contributed by atoms with E-state index in [2.05, 4.69) is 10.1 Å². The van der Waals surface area contributed by atoms with E-state index in [1.54, 1.807) is 18.2 Å². The lowest BCUT2D eigenvalue weighted by molar-refractivity contribution is -0.111. The van der Waals surface area contributed by atoms with Gasteiger partial charge in [0.25, 0.3) is 0 Å². The van der Waals surface area contributed by atoms with E-state index >= 15 is 0 Å². The maximum absolute atomic E-state index is 12.3. The Balaban J connectivity index is 2.10. The van der Waals surface area contributed by atoms with Gasteiger partial charge in [0.05, 0.1) is 7.11 Å². The van der Waals surface area contributed by atoms with Crippen LogP contribution in [-0.2, 0) is 4.79 Å². The number of benzene rings is 2. The Kier molecular flexibility index (Phi) is 6.36. The van der Waals surface area contributed by atoms with E-state index in [9.17, 15) is 13.6 Å². The molecule has 1 N–H and O–H groups in total. The molecule has 0 aromatic heterocycles. The van der Waals surface area contributed by atoms with Crippen LogP contribution in [0.3, 0.4) is 0 Å². The molecule has 0 radical (unpaired) electrons. The van der Waals surface area contributed by atoms with Crippen molar-refractivity contribution in [3.63, 3.8) is 0 Å². The average molecular weight is 368 g/mol. The molecule has 25 heavy (non-hydrogen) atoms. The zero-order valence-corrected chi connectivity index (χ0v) is 14.3. The van der Waals surface area contributed by atoms with E-state index in [1.807, 2.05) is 6.92 Å². The number of halogens is 3. The second-order valence-electron chi connectivity index (χ2n) is 5.07. The van der Waals surface area contributed by atoms with Gasteiger partial charge in [-0.25, -0.2) is 0 Å². The third-order valence-corrected chi connectivity index (χ3v) is 3.52. The fourth-order valence-corrected chi connectivity index (χ4v) is 2.23. The Morgan fingerprint density at radius 1 is 1.20 bits per heavy atom. The summed E-state index contributed by atoms with van der Waals surface area (Å²) in [4.78, 5) is 12.0. The molecule has 0 bridgehead atoms. The van der Waals surface area contributed by atoms with Gasteiger partial charge >= 0.3 is 6.61 Å². The maximum atomic E-state index is 12.3. The van der Waals surface area contributed by atoms with Gasteiger partial charge in [-0.3, -0.25) is 4.79 Å². The lowest BCUT2D eigenvalue weighted by Crippen LogP contribution is -2.08. The van der Waals surface area contributed by atoms with Crippen LogP contribution in [0.4, 0.5) is 14.5 Å². The maximum Gasteiger partial charge on any atom is 0.387 e. The number of aryl methyl sites for hydroxylation is 1. The van der Waals surface area contributed by atoms with Crippen LogP contribution < -0.4 is 14.8 Å². The number of rotatable bonds is 6. The SMILES string of the molecule is COc1cc(/C=C/C(=O)Nc2cc(Cl)ccc2C)ccc1OC(F)F. The summed E-state index contributed by atoms with van der Waals surface area (Å²) in [7, 11) is 1.34. The van der Waals surface area contributed by atoms with Gasteiger partial charge in [-0.15, -0.1) is 0 Å². The van der Waals surface area contributed by atoms with Crippen molar-refractivity contribution in [1.29, 1.82) is 0 Å². The largest absolute Gasteiger partial charge is 0.493 e. The molecule has 0 aliphatic heterocycles. The molecular formula is C18H16ClF2NO3. The minimum absolute atomic E-state index is 0.0753. The number of ether oxygens (including phenoxy) is 2. The van der Waals surface area contributed by atoms with E-state index < -0.39 is 6.61 Å². The number of anilines is 1. The van der Waals surface area contributed by atoms with Crippen molar-refractivity contribution in [2.24, 2.45) is 0 Å². The van der Waals surface area contributed by atoms with Crippen molar-refractivity contribution in [2.75, 3.05) is 12.4 Å². The van der Waals surface area contributed by atoms with Gasteiger partial charge in [0.15, 0.2) is 11.5 Å². The fraction of sp³-hybridized carbons (Fsp3) is 0.167. The van der Waals surface area contributed by atoms with Crippen LogP contribution in [-0.4, -0.2) is 19.6 Å². The molecule has 1 amide bonds. The van der Waals surface area contributed by atoms with Gasteiger partial charge in [0, 0.05) is 16.8 Å². The zero-order valence-electron chi connectivity index (χ0n) is 13.6. The standard InChI is InChI=1S/C18H16ClF2NO3/c1-11-3-6-13(19)10-14(11)22-17(23)8-5-12-4-7-15(25-18(20)21)16(9-12)24-2/h3-10,18H,1-2H3,(H,22,23)/b8-5+. The molecule has 132 valence electrons. The Hall–Kier alpha value is -2.60. The van der Waals surface area contributed by atoms with Crippen molar-refractivity contribution in [2.45, 2.75) is 13.5 Å². The summed E-state index contributed by atoms with van der Waals surface area (Å²) in [6.07, 6.45) is 2.85. The van der Waals surface area contributed by atoms with E-state index in [1.165, 1.54) is 37.5 Å². The van der Waals surface area contributed by atoms with E-state index in [0.29, 0.717) is 16.3 Å².